The van der Waals surface area contributed by atoms with Gasteiger partial charge in [0.15, 0.2) is 12.6 Å². The Labute approximate surface area is 268 Å². The van der Waals surface area contributed by atoms with Gasteiger partial charge in [0.05, 0.1) is 38.6 Å². The van der Waals surface area contributed by atoms with Crippen LogP contribution in [-0.2, 0) is 31.8 Å². The van der Waals surface area contributed by atoms with Crippen LogP contribution in [0.2, 0.25) is 0 Å². The highest BCUT2D eigenvalue weighted by Gasteiger charge is 2.45. The van der Waals surface area contributed by atoms with Crippen LogP contribution in [-0.4, -0.2) is 128 Å². The molecule has 0 aromatic heterocycles. The Morgan fingerprint density at radius 3 is 1.50 bits per heavy atom. The van der Waals surface area contributed by atoms with Crippen molar-refractivity contribution in [1.82, 2.24) is 0 Å². The van der Waals surface area contributed by atoms with Crippen LogP contribution in [0.4, 0.5) is 0 Å². The number of hydrogen-bond acceptors (Lipinski definition) is 13. The number of aromatic hydroxyl groups is 2. The monoisotopic (exact) mass is 652 g/mol. The number of phenols is 2. The Morgan fingerprint density at radius 2 is 1.07 bits per heavy atom. The molecule has 0 aliphatic carbocycles. The minimum atomic E-state index is -1.62. The minimum absolute atomic E-state index is 0.0132. The molecule has 9 N–H and O–H groups in total. The maximum atomic E-state index is 10.8. The summed E-state index contributed by atoms with van der Waals surface area (Å²) in [6.07, 6.45) is -11.1. The van der Waals surface area contributed by atoms with Crippen LogP contribution in [0.1, 0.15) is 29.2 Å². The highest BCUT2D eigenvalue weighted by molar-refractivity contribution is 5.36. The standard InChI is InChI=1S/C33H48O13/c1-16-8-19(4-6-23(16)36)10-21(14-43-32-30(41)27(38)18(3)25(12-34)45-32)22(11-20-5-7-24(37)17(2)9-20)15-44-33-31(42)29(40)28(39)26(13-35)46-33/h4-9,18,21-22,25-42H,10-15H2,1-3H3/t18-,21+,22+,25-,26-,27+,28-,29+,30-,31-,32?,33-/m1/s1. The van der Waals surface area contributed by atoms with Crippen molar-refractivity contribution in [2.24, 2.45) is 17.8 Å². The first-order valence-corrected chi connectivity index (χ1v) is 15.6. The fourth-order valence-corrected chi connectivity index (χ4v) is 6.08. The summed E-state index contributed by atoms with van der Waals surface area (Å²) in [5.41, 5.74) is 3.03. The molecule has 46 heavy (non-hydrogen) atoms. The van der Waals surface area contributed by atoms with Crippen molar-refractivity contribution in [2.45, 2.75) is 88.9 Å². The largest absolute Gasteiger partial charge is 0.508 e. The molecule has 2 aromatic rings. The lowest BCUT2D eigenvalue weighted by Gasteiger charge is -2.42. The summed E-state index contributed by atoms with van der Waals surface area (Å²) in [7, 11) is 0. The first kappa shape index (κ1) is 36.4. The molecule has 4 rings (SSSR count). The molecule has 2 aliphatic heterocycles. The van der Waals surface area contributed by atoms with Crippen molar-refractivity contribution < 1.29 is 64.9 Å². The summed E-state index contributed by atoms with van der Waals surface area (Å²) < 4.78 is 23.5. The molecule has 13 heteroatoms. The van der Waals surface area contributed by atoms with Gasteiger partial charge in [0, 0.05) is 5.92 Å². The molecular weight excluding hydrogens is 604 g/mol. The van der Waals surface area contributed by atoms with Crippen molar-refractivity contribution in [1.29, 1.82) is 0 Å². The summed E-state index contributed by atoms with van der Waals surface area (Å²) in [4.78, 5) is 0. The SMILES string of the molecule is Cc1cc(C[C@@H](COC2O[C@H](CO)[C@@H](C)[C@H](O)[C@H]2O)[C@H](CO[C@@H]2O[C@H](CO)[C@@H](O)[C@H](O)[C@H]2O)Cc2ccc(O)c(C)c2)ccc1O. The summed E-state index contributed by atoms with van der Waals surface area (Å²) in [5.74, 6) is -1.05. The van der Waals surface area contributed by atoms with E-state index in [1.807, 2.05) is 12.1 Å². The molecule has 2 heterocycles. The normalized spacial score (nSPS) is 33.1. The third-order valence-corrected chi connectivity index (χ3v) is 9.23. The number of aliphatic hydroxyl groups is 7. The van der Waals surface area contributed by atoms with Gasteiger partial charge in [-0.2, -0.15) is 0 Å². The maximum Gasteiger partial charge on any atom is 0.186 e. The molecule has 0 spiro atoms. The molecule has 2 fully saturated rings. The van der Waals surface area contributed by atoms with Gasteiger partial charge < -0.3 is 64.9 Å². The average molecular weight is 653 g/mol. The van der Waals surface area contributed by atoms with Gasteiger partial charge in [-0.05, 0) is 72.9 Å². The van der Waals surface area contributed by atoms with Crippen LogP contribution < -0.4 is 0 Å². The van der Waals surface area contributed by atoms with Gasteiger partial charge in [-0.1, -0.05) is 31.2 Å². The molecule has 2 saturated heterocycles. The topological polar surface area (TPSA) is 219 Å². The van der Waals surface area contributed by atoms with E-state index in [1.165, 1.54) is 0 Å². The van der Waals surface area contributed by atoms with E-state index in [-0.39, 0.29) is 37.2 Å². The van der Waals surface area contributed by atoms with E-state index < -0.39 is 73.8 Å². The van der Waals surface area contributed by atoms with Gasteiger partial charge in [0.2, 0.25) is 0 Å². The smallest absolute Gasteiger partial charge is 0.186 e. The van der Waals surface area contributed by atoms with E-state index in [4.69, 9.17) is 18.9 Å². The molecule has 0 radical (unpaired) electrons. The Kier molecular flexibility index (Phi) is 12.8. The first-order chi connectivity index (χ1) is 21.8. The number of benzene rings is 2. The van der Waals surface area contributed by atoms with Crippen molar-refractivity contribution in [2.75, 3.05) is 26.4 Å². The molecule has 1 unspecified atom stereocenters. The molecule has 2 aliphatic rings. The van der Waals surface area contributed by atoms with E-state index in [1.54, 1.807) is 45.0 Å². The van der Waals surface area contributed by atoms with E-state index in [9.17, 15) is 46.0 Å². The quantitative estimate of drug-likeness (QED) is 0.135. The second-order valence-electron chi connectivity index (χ2n) is 12.6. The fraction of sp³-hybridized carbons (Fsp3) is 0.636. The van der Waals surface area contributed by atoms with Gasteiger partial charge in [0.1, 0.15) is 42.0 Å². The van der Waals surface area contributed by atoms with Crippen molar-refractivity contribution in [3.05, 3.63) is 58.7 Å². The van der Waals surface area contributed by atoms with Crippen LogP contribution in [0.3, 0.4) is 0 Å². The number of aliphatic hydroxyl groups excluding tert-OH is 7. The lowest BCUT2D eigenvalue weighted by atomic mass is 9.83. The molecule has 13 nitrogen and oxygen atoms in total. The Balaban J connectivity index is 1.63. The van der Waals surface area contributed by atoms with Crippen molar-refractivity contribution in [3.63, 3.8) is 0 Å². The second kappa shape index (κ2) is 16.1. The average Bonchev–Trinajstić information content (AvgIpc) is 3.04. The predicted octanol–water partition coefficient (Wildman–Crippen LogP) is -0.360. The molecule has 12 atom stereocenters. The van der Waals surface area contributed by atoms with Crippen LogP contribution in [0.25, 0.3) is 0 Å². The first-order valence-electron chi connectivity index (χ1n) is 15.6. The number of hydrogen-bond donors (Lipinski definition) is 9. The molecule has 0 saturated carbocycles. The van der Waals surface area contributed by atoms with E-state index in [0.29, 0.717) is 24.0 Å². The zero-order valence-corrected chi connectivity index (χ0v) is 26.3. The van der Waals surface area contributed by atoms with Crippen molar-refractivity contribution >= 4 is 0 Å². The highest BCUT2D eigenvalue weighted by atomic mass is 16.7. The van der Waals surface area contributed by atoms with Crippen LogP contribution in [0, 0.1) is 31.6 Å². The van der Waals surface area contributed by atoms with Gasteiger partial charge >= 0.3 is 0 Å². The fourth-order valence-electron chi connectivity index (χ4n) is 6.08. The summed E-state index contributed by atoms with van der Waals surface area (Å²) in [5, 5.41) is 92.1. The lowest BCUT2D eigenvalue weighted by molar-refractivity contribution is -0.305. The van der Waals surface area contributed by atoms with Crippen LogP contribution >= 0.6 is 0 Å². The van der Waals surface area contributed by atoms with E-state index in [2.05, 4.69) is 0 Å². The predicted molar refractivity (Wildman–Crippen MR) is 163 cm³/mol. The molecule has 0 amide bonds. The minimum Gasteiger partial charge on any atom is -0.508 e. The second-order valence-corrected chi connectivity index (χ2v) is 12.6. The molecule has 0 bridgehead atoms. The van der Waals surface area contributed by atoms with Crippen molar-refractivity contribution in [3.8, 4) is 11.5 Å². The Bertz CT molecular complexity index is 1160. The van der Waals surface area contributed by atoms with E-state index in [0.717, 1.165) is 11.1 Å². The van der Waals surface area contributed by atoms with Gasteiger partial charge in [-0.15, -0.1) is 0 Å². The molecule has 258 valence electrons. The van der Waals surface area contributed by atoms with Gasteiger partial charge in [-0.25, -0.2) is 0 Å². The lowest BCUT2D eigenvalue weighted by Crippen LogP contribution is -2.59. The summed E-state index contributed by atoms with van der Waals surface area (Å²) in [6, 6.07) is 10.4. The number of rotatable bonds is 13. The zero-order valence-electron chi connectivity index (χ0n) is 26.3. The van der Waals surface area contributed by atoms with Gasteiger partial charge in [0.25, 0.3) is 0 Å². The Morgan fingerprint density at radius 1 is 0.630 bits per heavy atom. The number of ether oxygens (including phenoxy) is 4. The number of aryl methyl sites for hydroxylation is 2. The Hall–Kier alpha value is -2.40. The van der Waals surface area contributed by atoms with Crippen LogP contribution in [0.5, 0.6) is 11.5 Å². The summed E-state index contributed by atoms with van der Waals surface area (Å²) >= 11 is 0. The molecular formula is C33H48O13. The van der Waals surface area contributed by atoms with E-state index >= 15 is 0 Å². The zero-order chi connectivity index (χ0) is 33.7. The highest BCUT2D eigenvalue weighted by Crippen LogP contribution is 2.32. The maximum absolute atomic E-state index is 10.8. The number of phenolic OH excluding ortho intramolecular Hbond substituents is 2. The van der Waals surface area contributed by atoms with Crippen LogP contribution in [0.15, 0.2) is 36.4 Å². The third-order valence-electron chi connectivity index (χ3n) is 9.23. The van der Waals surface area contributed by atoms with Gasteiger partial charge in [-0.3, -0.25) is 0 Å². The summed E-state index contributed by atoms with van der Waals surface area (Å²) in [6.45, 7) is 4.14. The molecule has 2 aromatic carbocycles. The third kappa shape index (κ3) is 8.54.